The van der Waals surface area contributed by atoms with Crippen LogP contribution in [0.5, 0.6) is 5.75 Å². The Hall–Kier alpha value is -2.15. The first-order chi connectivity index (χ1) is 12.5. The molecule has 1 aromatic heterocycles. The average Bonchev–Trinajstić information content (AvgIpc) is 2.95. The molecule has 1 heterocycles. The number of aromatic amines is 1. The fraction of sp³-hybridized carbons (Fsp3) is 0.167. The fourth-order valence-electron chi connectivity index (χ4n) is 2.42. The van der Waals surface area contributed by atoms with Gasteiger partial charge < -0.3 is 4.74 Å². The van der Waals surface area contributed by atoms with E-state index in [1.807, 2.05) is 38.1 Å². The molecule has 0 radical (unpaired) electrons. The molecule has 134 valence electrons. The number of halogens is 2. The van der Waals surface area contributed by atoms with Gasteiger partial charge in [-0.25, -0.2) is 5.10 Å². The monoisotopic (exact) mass is 406 g/mol. The number of benzene rings is 2. The lowest BCUT2D eigenvalue weighted by Crippen LogP contribution is -2.05. The summed E-state index contributed by atoms with van der Waals surface area (Å²) in [6, 6.07) is 11.3. The van der Waals surface area contributed by atoms with E-state index >= 15 is 0 Å². The molecule has 1 N–H and O–H groups in total. The summed E-state index contributed by atoms with van der Waals surface area (Å²) in [6.07, 6.45) is 1.63. The largest absolute Gasteiger partial charge is 0.485 e. The summed E-state index contributed by atoms with van der Waals surface area (Å²) >= 11 is 17.2. The first-order valence-electron chi connectivity index (χ1n) is 7.80. The molecule has 0 aliphatic rings. The molecule has 0 fully saturated rings. The van der Waals surface area contributed by atoms with Gasteiger partial charge in [0, 0.05) is 0 Å². The van der Waals surface area contributed by atoms with Crippen LogP contribution < -0.4 is 4.74 Å². The maximum atomic E-state index is 6.02. The first-order valence-corrected chi connectivity index (χ1v) is 8.97. The van der Waals surface area contributed by atoms with E-state index < -0.39 is 0 Å². The summed E-state index contributed by atoms with van der Waals surface area (Å²) in [5, 5.41) is 12.3. The summed E-state index contributed by atoms with van der Waals surface area (Å²) < 4.78 is 7.83. The molecule has 3 rings (SSSR count). The normalized spacial score (nSPS) is 11.2. The first kappa shape index (κ1) is 18.6. The lowest BCUT2D eigenvalue weighted by Gasteiger charge is -2.11. The van der Waals surface area contributed by atoms with Crippen molar-refractivity contribution in [2.24, 2.45) is 5.10 Å². The quantitative estimate of drug-likeness (QED) is 0.460. The standard InChI is InChI=1S/C18H16Cl2N4OS/c1-11-4-3-5-12(2)17(11)25-10-16-22-23-18(26)24(16)21-9-13-6-7-14(19)15(20)8-13/h3-9H,10H2,1-2H3,(H,23,26)/b21-9-. The van der Waals surface area contributed by atoms with Crippen molar-refractivity contribution in [2.75, 3.05) is 0 Å². The van der Waals surface area contributed by atoms with Crippen LogP contribution in [0.3, 0.4) is 0 Å². The minimum atomic E-state index is 0.234. The summed E-state index contributed by atoms with van der Waals surface area (Å²) in [5.41, 5.74) is 2.92. The van der Waals surface area contributed by atoms with Crippen molar-refractivity contribution >= 4 is 41.6 Å². The Bertz CT molecular complexity index is 1010. The van der Waals surface area contributed by atoms with Crippen LogP contribution in [0.1, 0.15) is 22.5 Å². The van der Waals surface area contributed by atoms with Gasteiger partial charge in [-0.2, -0.15) is 14.9 Å². The number of hydrogen-bond donors (Lipinski definition) is 1. The minimum absolute atomic E-state index is 0.234. The summed E-state index contributed by atoms with van der Waals surface area (Å²) in [6.45, 7) is 4.24. The van der Waals surface area contributed by atoms with Crippen LogP contribution in [0.25, 0.3) is 0 Å². The van der Waals surface area contributed by atoms with Crippen molar-refractivity contribution in [2.45, 2.75) is 20.5 Å². The van der Waals surface area contributed by atoms with Crippen LogP contribution in [0.2, 0.25) is 10.0 Å². The molecule has 0 unspecified atom stereocenters. The van der Waals surface area contributed by atoms with E-state index in [9.17, 15) is 0 Å². The van der Waals surface area contributed by atoms with Crippen LogP contribution in [0.4, 0.5) is 0 Å². The summed E-state index contributed by atoms with van der Waals surface area (Å²) in [4.78, 5) is 0. The van der Waals surface area contributed by atoms with E-state index in [4.69, 9.17) is 40.2 Å². The van der Waals surface area contributed by atoms with E-state index in [1.165, 1.54) is 4.68 Å². The Balaban J connectivity index is 1.81. The fourth-order valence-corrected chi connectivity index (χ4v) is 2.92. The topological polar surface area (TPSA) is 55.2 Å². The zero-order chi connectivity index (χ0) is 18.7. The number of para-hydroxylation sites is 1. The lowest BCUT2D eigenvalue weighted by molar-refractivity contribution is 0.287. The SMILES string of the molecule is Cc1cccc(C)c1OCc1n[nH]c(=S)n1/N=C\c1ccc(Cl)c(Cl)c1. The van der Waals surface area contributed by atoms with Crippen molar-refractivity contribution in [3.8, 4) is 5.75 Å². The molecule has 5 nitrogen and oxygen atoms in total. The van der Waals surface area contributed by atoms with E-state index in [0.29, 0.717) is 20.6 Å². The molecule has 0 spiro atoms. The highest BCUT2D eigenvalue weighted by molar-refractivity contribution is 7.71. The van der Waals surface area contributed by atoms with Gasteiger partial charge >= 0.3 is 0 Å². The van der Waals surface area contributed by atoms with Crippen molar-refractivity contribution in [1.82, 2.24) is 14.9 Å². The average molecular weight is 407 g/mol. The number of aryl methyl sites for hydroxylation is 2. The van der Waals surface area contributed by atoms with Crippen LogP contribution in [-0.4, -0.2) is 21.1 Å². The molecule has 0 bridgehead atoms. The molecule has 3 aromatic rings. The maximum absolute atomic E-state index is 6.02. The molecule has 2 aromatic carbocycles. The lowest BCUT2D eigenvalue weighted by atomic mass is 10.1. The highest BCUT2D eigenvalue weighted by atomic mass is 35.5. The minimum Gasteiger partial charge on any atom is -0.485 e. The van der Waals surface area contributed by atoms with E-state index in [0.717, 1.165) is 22.4 Å². The number of aromatic nitrogens is 3. The third-order valence-electron chi connectivity index (χ3n) is 3.74. The van der Waals surface area contributed by atoms with Gasteiger partial charge in [-0.1, -0.05) is 47.5 Å². The van der Waals surface area contributed by atoms with E-state index in [2.05, 4.69) is 15.3 Å². The maximum Gasteiger partial charge on any atom is 0.216 e. The Labute approximate surface area is 166 Å². The zero-order valence-corrected chi connectivity index (χ0v) is 16.5. The van der Waals surface area contributed by atoms with Gasteiger partial charge in [-0.05, 0) is 54.9 Å². The van der Waals surface area contributed by atoms with Crippen molar-refractivity contribution < 1.29 is 4.74 Å². The second-order valence-electron chi connectivity index (χ2n) is 5.68. The van der Waals surface area contributed by atoms with Crippen molar-refractivity contribution in [3.05, 3.63) is 73.7 Å². The predicted molar refractivity (Wildman–Crippen MR) is 107 cm³/mol. The van der Waals surface area contributed by atoms with Gasteiger partial charge in [0.15, 0.2) is 5.82 Å². The number of H-pyrrole nitrogens is 1. The number of nitrogens with one attached hydrogen (secondary N) is 1. The molecule has 8 heteroatoms. The number of rotatable bonds is 5. The smallest absolute Gasteiger partial charge is 0.216 e. The highest BCUT2D eigenvalue weighted by Crippen LogP contribution is 2.23. The highest BCUT2D eigenvalue weighted by Gasteiger charge is 2.09. The van der Waals surface area contributed by atoms with E-state index in [1.54, 1.807) is 18.3 Å². The second-order valence-corrected chi connectivity index (χ2v) is 6.89. The van der Waals surface area contributed by atoms with Crippen LogP contribution in [0.15, 0.2) is 41.5 Å². The number of ether oxygens (including phenoxy) is 1. The van der Waals surface area contributed by atoms with Gasteiger partial charge in [0.2, 0.25) is 4.77 Å². The molecule has 0 amide bonds. The van der Waals surface area contributed by atoms with Crippen LogP contribution >= 0.6 is 35.4 Å². The number of hydrogen-bond acceptors (Lipinski definition) is 4. The summed E-state index contributed by atoms with van der Waals surface area (Å²) in [5.74, 6) is 1.40. The summed E-state index contributed by atoms with van der Waals surface area (Å²) in [7, 11) is 0. The van der Waals surface area contributed by atoms with Crippen LogP contribution in [0, 0.1) is 18.6 Å². The Morgan fingerprint density at radius 3 is 2.62 bits per heavy atom. The van der Waals surface area contributed by atoms with Crippen LogP contribution in [-0.2, 0) is 6.61 Å². The Kier molecular flexibility index (Phi) is 5.76. The van der Waals surface area contributed by atoms with Gasteiger partial charge in [0.1, 0.15) is 12.4 Å². The predicted octanol–water partition coefficient (Wildman–Crippen LogP) is 5.33. The third kappa shape index (κ3) is 4.15. The van der Waals surface area contributed by atoms with Gasteiger partial charge in [-0.3, -0.25) is 0 Å². The molecule has 0 aliphatic heterocycles. The molecule has 26 heavy (non-hydrogen) atoms. The molecule has 0 atom stereocenters. The molecular formula is C18H16Cl2N4OS. The van der Waals surface area contributed by atoms with Gasteiger partial charge in [-0.15, -0.1) is 0 Å². The second kappa shape index (κ2) is 8.03. The van der Waals surface area contributed by atoms with Gasteiger partial charge in [0.05, 0.1) is 16.3 Å². The van der Waals surface area contributed by atoms with Crippen molar-refractivity contribution in [3.63, 3.8) is 0 Å². The van der Waals surface area contributed by atoms with Gasteiger partial charge in [0.25, 0.3) is 0 Å². The Morgan fingerprint density at radius 2 is 1.92 bits per heavy atom. The molecule has 0 saturated carbocycles. The molecular weight excluding hydrogens is 391 g/mol. The zero-order valence-electron chi connectivity index (χ0n) is 14.2. The van der Waals surface area contributed by atoms with E-state index in [-0.39, 0.29) is 6.61 Å². The third-order valence-corrected chi connectivity index (χ3v) is 4.74. The molecule has 0 saturated heterocycles. The number of nitrogens with zero attached hydrogens (tertiary/aromatic N) is 3. The molecule has 0 aliphatic carbocycles. The van der Waals surface area contributed by atoms with Crippen molar-refractivity contribution in [1.29, 1.82) is 0 Å². The Morgan fingerprint density at radius 1 is 1.19 bits per heavy atom.